The highest BCUT2D eigenvalue weighted by Crippen LogP contribution is 2.26. The lowest BCUT2D eigenvalue weighted by Crippen LogP contribution is -2.34. The van der Waals surface area contributed by atoms with Gasteiger partial charge in [0, 0.05) is 20.3 Å². The van der Waals surface area contributed by atoms with E-state index in [1.807, 2.05) is 0 Å². The van der Waals surface area contributed by atoms with Crippen LogP contribution in [0.5, 0.6) is 0 Å². The van der Waals surface area contributed by atoms with Crippen molar-refractivity contribution in [3.8, 4) is 0 Å². The van der Waals surface area contributed by atoms with Crippen molar-refractivity contribution >= 4 is 29.5 Å². The Labute approximate surface area is 125 Å². The average molecular weight is 300 g/mol. The van der Waals surface area contributed by atoms with E-state index in [0.717, 1.165) is 25.7 Å². The lowest BCUT2D eigenvalue weighted by Gasteiger charge is -2.20. The summed E-state index contributed by atoms with van der Waals surface area (Å²) in [5, 5.41) is 2.42. The molecule has 6 heteroatoms. The number of rotatable bonds is 5. The van der Waals surface area contributed by atoms with E-state index in [0.29, 0.717) is 12.4 Å². The molecule has 112 valence electrons. The summed E-state index contributed by atoms with van der Waals surface area (Å²) in [5.74, 6) is -0.287. The molecule has 1 N–H and O–H groups in total. The third kappa shape index (κ3) is 3.53. The van der Waals surface area contributed by atoms with Crippen molar-refractivity contribution in [1.82, 2.24) is 10.2 Å². The van der Waals surface area contributed by atoms with Gasteiger partial charge in [0.25, 0.3) is 0 Å². The SMILES string of the molecule is [3H]C1CCCCC1C(=O)NCSC1CC(=O)N(CC)C1=O. The predicted molar refractivity (Wildman–Crippen MR) is 78.0 cm³/mol. The number of amides is 3. The third-order valence-electron chi connectivity index (χ3n) is 3.81. The molecule has 1 heterocycles. The maximum Gasteiger partial charge on any atom is 0.242 e. The second-order valence-corrected chi connectivity index (χ2v) is 6.34. The topological polar surface area (TPSA) is 66.5 Å². The van der Waals surface area contributed by atoms with E-state index in [1.165, 1.54) is 16.7 Å². The standard InChI is InChI=1S/C14H22N2O3S/c1-2-16-12(17)8-11(14(16)19)20-9-15-13(18)10-6-4-3-5-7-10/h10-11H,2-9H2,1H3,(H,15,18)/i6T. The molecule has 1 saturated carbocycles. The van der Waals surface area contributed by atoms with E-state index < -0.39 is 0 Å². The molecule has 0 radical (unpaired) electrons. The van der Waals surface area contributed by atoms with Crippen molar-refractivity contribution in [3.63, 3.8) is 0 Å². The van der Waals surface area contributed by atoms with Gasteiger partial charge in [0.05, 0.1) is 11.1 Å². The average Bonchev–Trinajstić information content (AvgIpc) is 2.73. The minimum Gasteiger partial charge on any atom is -0.347 e. The summed E-state index contributed by atoms with van der Waals surface area (Å²) >= 11 is 1.30. The van der Waals surface area contributed by atoms with Gasteiger partial charge in [-0.25, -0.2) is 0 Å². The number of hydrogen-bond donors (Lipinski definition) is 1. The monoisotopic (exact) mass is 300 g/mol. The van der Waals surface area contributed by atoms with Crippen LogP contribution >= 0.6 is 11.8 Å². The van der Waals surface area contributed by atoms with Crippen LogP contribution in [0.15, 0.2) is 0 Å². The van der Waals surface area contributed by atoms with Crippen LogP contribution in [0.4, 0.5) is 0 Å². The van der Waals surface area contributed by atoms with Crippen LogP contribution in [0.1, 0.15) is 46.8 Å². The minimum atomic E-state index is -0.379. The Hall–Kier alpha value is -1.04. The molecule has 1 saturated heterocycles. The highest BCUT2D eigenvalue weighted by Gasteiger charge is 2.37. The first-order valence-corrected chi connectivity index (χ1v) is 8.25. The number of thioether (sulfide) groups is 1. The summed E-state index contributed by atoms with van der Waals surface area (Å²) in [6, 6.07) is 0. The zero-order valence-electron chi connectivity index (χ0n) is 12.8. The summed E-state index contributed by atoms with van der Waals surface area (Å²) in [6.07, 6.45) is 3.49. The molecule has 0 aromatic carbocycles. The summed E-state index contributed by atoms with van der Waals surface area (Å²) < 4.78 is 7.90. The van der Waals surface area contributed by atoms with Gasteiger partial charge in [-0.05, 0) is 19.7 Å². The van der Waals surface area contributed by atoms with Gasteiger partial charge in [-0.3, -0.25) is 19.3 Å². The maximum atomic E-state index is 12.0. The smallest absolute Gasteiger partial charge is 0.242 e. The lowest BCUT2D eigenvalue weighted by molar-refractivity contribution is -0.138. The van der Waals surface area contributed by atoms with E-state index in [2.05, 4.69) is 5.32 Å². The van der Waals surface area contributed by atoms with Gasteiger partial charge in [0.2, 0.25) is 17.7 Å². The molecule has 20 heavy (non-hydrogen) atoms. The van der Waals surface area contributed by atoms with Crippen LogP contribution in [0.2, 0.25) is 0 Å². The summed E-state index contributed by atoms with van der Waals surface area (Å²) in [4.78, 5) is 36.8. The molecule has 3 atom stereocenters. The minimum absolute atomic E-state index is 0.0914. The van der Waals surface area contributed by atoms with E-state index in [-0.39, 0.29) is 41.7 Å². The molecule has 1 aliphatic heterocycles. The Morgan fingerprint density at radius 1 is 1.45 bits per heavy atom. The van der Waals surface area contributed by atoms with Crippen LogP contribution in [0.25, 0.3) is 0 Å². The fraction of sp³-hybridized carbons (Fsp3) is 0.786. The van der Waals surface area contributed by atoms with Gasteiger partial charge in [0.1, 0.15) is 0 Å². The van der Waals surface area contributed by atoms with Crippen LogP contribution in [-0.2, 0) is 14.4 Å². The van der Waals surface area contributed by atoms with Gasteiger partial charge in [-0.15, -0.1) is 11.8 Å². The molecule has 3 unspecified atom stereocenters. The highest BCUT2D eigenvalue weighted by atomic mass is 32.2. The number of likely N-dealkylation sites (tertiary alicyclic amines) is 1. The van der Waals surface area contributed by atoms with E-state index in [4.69, 9.17) is 1.37 Å². The summed E-state index contributed by atoms with van der Waals surface area (Å²) in [7, 11) is 0. The normalized spacial score (nSPS) is 31.4. The number of nitrogens with one attached hydrogen (secondary N) is 1. The second kappa shape index (κ2) is 7.11. The molecule has 2 fully saturated rings. The quantitative estimate of drug-likeness (QED) is 0.617. The fourth-order valence-corrected chi connectivity index (χ4v) is 3.60. The molecule has 5 nitrogen and oxygen atoms in total. The Balaban J connectivity index is 1.75. The van der Waals surface area contributed by atoms with E-state index in [1.54, 1.807) is 6.92 Å². The molecular formula is C14H22N2O3S. The molecule has 0 spiro atoms. The lowest BCUT2D eigenvalue weighted by atomic mass is 9.89. The Morgan fingerprint density at radius 2 is 2.25 bits per heavy atom. The van der Waals surface area contributed by atoms with Crippen LogP contribution in [-0.4, -0.2) is 40.3 Å². The van der Waals surface area contributed by atoms with Crippen molar-refractivity contribution in [2.24, 2.45) is 5.92 Å². The molecule has 0 aromatic heterocycles. The van der Waals surface area contributed by atoms with E-state index in [9.17, 15) is 14.4 Å². The Kier molecular flexibility index (Phi) is 4.95. The Morgan fingerprint density at radius 3 is 2.90 bits per heavy atom. The first-order chi connectivity index (χ1) is 10.0. The molecule has 0 bridgehead atoms. The van der Waals surface area contributed by atoms with Crippen LogP contribution < -0.4 is 5.32 Å². The largest absolute Gasteiger partial charge is 0.347 e. The van der Waals surface area contributed by atoms with Crippen molar-refractivity contribution in [2.75, 3.05) is 12.4 Å². The molecule has 3 amide bonds. The van der Waals surface area contributed by atoms with Crippen molar-refractivity contribution in [2.45, 2.75) is 50.7 Å². The first kappa shape index (κ1) is 13.9. The van der Waals surface area contributed by atoms with Gasteiger partial charge < -0.3 is 5.32 Å². The van der Waals surface area contributed by atoms with Gasteiger partial charge >= 0.3 is 0 Å². The zero-order valence-corrected chi connectivity index (χ0v) is 12.6. The number of imide groups is 1. The molecule has 2 rings (SSSR count). The number of hydrogen-bond acceptors (Lipinski definition) is 4. The zero-order chi connectivity index (χ0) is 15.4. The fourth-order valence-electron chi connectivity index (χ4n) is 2.64. The predicted octanol–water partition coefficient (Wildman–Crippen LogP) is 1.52. The van der Waals surface area contributed by atoms with Gasteiger partial charge in [0.15, 0.2) is 0 Å². The van der Waals surface area contributed by atoms with Crippen molar-refractivity contribution < 1.29 is 15.8 Å². The van der Waals surface area contributed by atoms with E-state index >= 15 is 0 Å². The molecule has 1 aliphatic carbocycles. The first-order valence-electron chi connectivity index (χ1n) is 7.78. The van der Waals surface area contributed by atoms with Gasteiger partial charge in [-0.2, -0.15) is 0 Å². The highest BCUT2D eigenvalue weighted by molar-refractivity contribution is 8.00. The van der Waals surface area contributed by atoms with Crippen LogP contribution in [0, 0.1) is 5.92 Å². The molecule has 0 aromatic rings. The summed E-state index contributed by atoms with van der Waals surface area (Å²) in [5.41, 5.74) is 0. The second-order valence-electron chi connectivity index (χ2n) is 5.15. The number of nitrogens with zero attached hydrogens (tertiary/aromatic N) is 1. The van der Waals surface area contributed by atoms with Crippen molar-refractivity contribution in [1.29, 1.82) is 0 Å². The number of carbonyl (C=O) groups is 3. The van der Waals surface area contributed by atoms with Crippen molar-refractivity contribution in [3.05, 3.63) is 0 Å². The van der Waals surface area contributed by atoms with Crippen LogP contribution in [0.3, 0.4) is 0 Å². The Bertz CT molecular complexity index is 432. The summed E-state index contributed by atoms with van der Waals surface area (Å²) in [6.45, 7) is 2.19. The molecule has 2 aliphatic rings. The number of carbonyl (C=O) groups excluding carboxylic acids is 3. The third-order valence-corrected chi connectivity index (χ3v) is 4.89. The molecular weight excluding hydrogens is 276 g/mol. The maximum absolute atomic E-state index is 12.0. The van der Waals surface area contributed by atoms with Gasteiger partial charge in [-0.1, -0.05) is 19.3 Å².